The van der Waals surface area contributed by atoms with Crippen LogP contribution in [0.1, 0.15) is 17.3 Å². The second kappa shape index (κ2) is 8.68. The Labute approximate surface area is 116 Å². The van der Waals surface area contributed by atoms with E-state index in [1.54, 1.807) is 14.0 Å². The quantitative estimate of drug-likeness (QED) is 0.240. The summed E-state index contributed by atoms with van der Waals surface area (Å²) in [6.07, 6.45) is 3.32. The lowest BCUT2D eigenvalue weighted by molar-refractivity contribution is 0.0526. The lowest BCUT2D eigenvalue weighted by Gasteiger charge is -2.11. The minimum atomic E-state index is -0.453. The SMILES string of the molecule is CCOC(=O)c1cnc(SC)nc1NNCCOC. The number of nitrogens with zero attached hydrogens (tertiary/aromatic N) is 2. The molecule has 0 saturated carbocycles. The molecule has 106 valence electrons. The molecule has 0 spiro atoms. The van der Waals surface area contributed by atoms with Crippen LogP contribution in [0.2, 0.25) is 0 Å². The van der Waals surface area contributed by atoms with Crippen LogP contribution in [0.25, 0.3) is 0 Å². The molecule has 1 rings (SSSR count). The van der Waals surface area contributed by atoms with E-state index in [1.807, 2.05) is 6.26 Å². The minimum Gasteiger partial charge on any atom is -0.462 e. The molecular formula is C11H18N4O3S. The van der Waals surface area contributed by atoms with Crippen LogP contribution in [0.4, 0.5) is 5.82 Å². The third-order valence-electron chi connectivity index (χ3n) is 2.08. The molecule has 0 aromatic carbocycles. The normalized spacial score (nSPS) is 10.3. The van der Waals surface area contributed by atoms with E-state index in [4.69, 9.17) is 9.47 Å². The number of hydrogen-bond donors (Lipinski definition) is 2. The monoisotopic (exact) mass is 286 g/mol. The van der Waals surface area contributed by atoms with Gasteiger partial charge >= 0.3 is 5.97 Å². The van der Waals surface area contributed by atoms with E-state index in [-0.39, 0.29) is 0 Å². The molecule has 7 nitrogen and oxygen atoms in total. The van der Waals surface area contributed by atoms with Crippen LogP contribution in [-0.4, -0.2) is 49.1 Å². The first-order valence-electron chi connectivity index (χ1n) is 5.78. The van der Waals surface area contributed by atoms with Crippen LogP contribution >= 0.6 is 11.8 Å². The molecule has 0 aliphatic carbocycles. The summed E-state index contributed by atoms with van der Waals surface area (Å²) in [5, 5.41) is 0.573. The predicted octanol–water partition coefficient (Wildman–Crippen LogP) is 0.938. The minimum absolute atomic E-state index is 0.296. The average molecular weight is 286 g/mol. The molecule has 0 bridgehead atoms. The van der Waals surface area contributed by atoms with Gasteiger partial charge in [0.15, 0.2) is 11.0 Å². The molecule has 0 aliphatic heterocycles. The van der Waals surface area contributed by atoms with E-state index in [9.17, 15) is 4.79 Å². The molecule has 1 aromatic heterocycles. The molecule has 0 fully saturated rings. The lowest BCUT2D eigenvalue weighted by atomic mass is 10.3. The summed E-state index contributed by atoms with van der Waals surface area (Å²) in [4.78, 5) is 20.0. The van der Waals surface area contributed by atoms with E-state index in [0.717, 1.165) is 0 Å². The van der Waals surface area contributed by atoms with Crippen LogP contribution in [0, 0.1) is 0 Å². The second-order valence-electron chi connectivity index (χ2n) is 3.38. The van der Waals surface area contributed by atoms with Crippen molar-refractivity contribution in [3.8, 4) is 0 Å². The number of thioether (sulfide) groups is 1. The van der Waals surface area contributed by atoms with Crippen molar-refractivity contribution >= 4 is 23.5 Å². The summed E-state index contributed by atoms with van der Waals surface area (Å²) in [6.45, 7) is 3.18. The Morgan fingerprint density at radius 1 is 1.53 bits per heavy atom. The Morgan fingerprint density at radius 3 is 2.95 bits per heavy atom. The molecule has 1 aromatic rings. The standard InChI is InChI=1S/C11H18N4O3S/c1-4-18-10(16)8-7-12-11(19-3)14-9(8)15-13-5-6-17-2/h7,13H,4-6H2,1-3H3,(H,12,14,15). The van der Waals surface area contributed by atoms with Crippen LogP contribution < -0.4 is 10.9 Å². The summed E-state index contributed by atoms with van der Waals surface area (Å²) in [7, 11) is 1.61. The number of esters is 1. The summed E-state index contributed by atoms with van der Waals surface area (Å²) in [5.74, 6) is -0.0555. The van der Waals surface area contributed by atoms with E-state index < -0.39 is 5.97 Å². The van der Waals surface area contributed by atoms with E-state index in [0.29, 0.717) is 36.3 Å². The van der Waals surface area contributed by atoms with Gasteiger partial charge in [0.1, 0.15) is 5.56 Å². The molecule has 2 N–H and O–H groups in total. The van der Waals surface area contributed by atoms with Gasteiger partial charge in [0, 0.05) is 19.9 Å². The first kappa shape index (κ1) is 15.7. The highest BCUT2D eigenvalue weighted by molar-refractivity contribution is 7.98. The number of carbonyl (C=O) groups excluding carboxylic acids is 1. The smallest absolute Gasteiger partial charge is 0.343 e. The van der Waals surface area contributed by atoms with Gasteiger partial charge in [-0.05, 0) is 13.2 Å². The number of ether oxygens (including phenoxy) is 2. The number of rotatable bonds is 8. The molecular weight excluding hydrogens is 268 g/mol. The van der Waals surface area contributed by atoms with Crippen LogP contribution in [-0.2, 0) is 9.47 Å². The molecule has 0 unspecified atom stereocenters. The van der Waals surface area contributed by atoms with Crippen molar-refractivity contribution in [1.29, 1.82) is 0 Å². The second-order valence-corrected chi connectivity index (χ2v) is 4.16. The highest BCUT2D eigenvalue weighted by atomic mass is 32.2. The molecule has 0 radical (unpaired) electrons. The summed E-state index contributed by atoms with van der Waals surface area (Å²) in [5.41, 5.74) is 6.07. The Bertz CT molecular complexity index is 417. The Kier molecular flexibility index (Phi) is 7.16. The van der Waals surface area contributed by atoms with Gasteiger partial charge in [0.05, 0.1) is 13.2 Å². The van der Waals surface area contributed by atoms with Crippen molar-refractivity contribution in [1.82, 2.24) is 15.4 Å². The van der Waals surface area contributed by atoms with Crippen molar-refractivity contribution in [2.75, 3.05) is 38.5 Å². The number of hydrogen-bond acceptors (Lipinski definition) is 8. The van der Waals surface area contributed by atoms with Crippen LogP contribution in [0.15, 0.2) is 11.4 Å². The average Bonchev–Trinajstić information content (AvgIpc) is 2.43. The summed E-state index contributed by atoms with van der Waals surface area (Å²) in [6, 6.07) is 0. The van der Waals surface area contributed by atoms with Gasteiger partial charge in [-0.25, -0.2) is 20.2 Å². The van der Waals surface area contributed by atoms with Gasteiger partial charge in [0.25, 0.3) is 0 Å². The Balaban J connectivity index is 2.80. The number of nitrogens with one attached hydrogen (secondary N) is 2. The van der Waals surface area contributed by atoms with Crippen molar-refractivity contribution in [2.24, 2.45) is 0 Å². The number of aromatic nitrogens is 2. The molecule has 1 heterocycles. The van der Waals surface area contributed by atoms with E-state index in [1.165, 1.54) is 18.0 Å². The maximum Gasteiger partial charge on any atom is 0.343 e. The third-order valence-corrected chi connectivity index (χ3v) is 2.64. The van der Waals surface area contributed by atoms with Crippen LogP contribution in [0.3, 0.4) is 0 Å². The third kappa shape index (κ3) is 5.01. The van der Waals surface area contributed by atoms with Gasteiger partial charge in [-0.2, -0.15) is 0 Å². The zero-order valence-corrected chi connectivity index (χ0v) is 12.0. The van der Waals surface area contributed by atoms with E-state index in [2.05, 4.69) is 20.8 Å². The predicted molar refractivity (Wildman–Crippen MR) is 73.3 cm³/mol. The number of methoxy groups -OCH3 is 1. The zero-order chi connectivity index (χ0) is 14.1. The zero-order valence-electron chi connectivity index (χ0n) is 11.2. The lowest BCUT2D eigenvalue weighted by Crippen LogP contribution is -2.27. The molecule has 8 heteroatoms. The van der Waals surface area contributed by atoms with Gasteiger partial charge < -0.3 is 14.9 Å². The van der Waals surface area contributed by atoms with Crippen LogP contribution in [0.5, 0.6) is 0 Å². The van der Waals surface area contributed by atoms with Crippen molar-refractivity contribution in [3.05, 3.63) is 11.8 Å². The van der Waals surface area contributed by atoms with Gasteiger partial charge in [-0.15, -0.1) is 0 Å². The number of carbonyl (C=O) groups is 1. The van der Waals surface area contributed by atoms with Crippen molar-refractivity contribution in [2.45, 2.75) is 12.1 Å². The highest BCUT2D eigenvalue weighted by Gasteiger charge is 2.15. The van der Waals surface area contributed by atoms with Crippen molar-refractivity contribution in [3.63, 3.8) is 0 Å². The maximum absolute atomic E-state index is 11.8. The fourth-order valence-electron chi connectivity index (χ4n) is 1.22. The largest absolute Gasteiger partial charge is 0.462 e. The topological polar surface area (TPSA) is 85.4 Å². The number of hydrazine groups is 1. The summed E-state index contributed by atoms with van der Waals surface area (Å²) < 4.78 is 9.86. The van der Waals surface area contributed by atoms with E-state index >= 15 is 0 Å². The molecule has 0 saturated heterocycles. The Hall–Kier alpha value is -1.38. The van der Waals surface area contributed by atoms with Crippen molar-refractivity contribution < 1.29 is 14.3 Å². The van der Waals surface area contributed by atoms with Gasteiger partial charge in [-0.3, -0.25) is 0 Å². The molecule has 0 aliphatic rings. The Morgan fingerprint density at radius 2 is 2.32 bits per heavy atom. The highest BCUT2D eigenvalue weighted by Crippen LogP contribution is 2.16. The fraction of sp³-hybridized carbons (Fsp3) is 0.545. The van der Waals surface area contributed by atoms with Gasteiger partial charge in [0.2, 0.25) is 0 Å². The molecule has 19 heavy (non-hydrogen) atoms. The van der Waals surface area contributed by atoms with Gasteiger partial charge in [-0.1, -0.05) is 11.8 Å². The molecule has 0 amide bonds. The molecule has 0 atom stereocenters. The first-order valence-corrected chi connectivity index (χ1v) is 7.01. The maximum atomic E-state index is 11.8. The number of anilines is 1. The first-order chi connectivity index (χ1) is 9.22. The summed E-state index contributed by atoms with van der Waals surface area (Å²) >= 11 is 1.39. The fourth-order valence-corrected chi connectivity index (χ4v) is 1.56.